The molecule has 0 amide bonds. The summed E-state index contributed by atoms with van der Waals surface area (Å²) in [5, 5.41) is 0. The molecule has 126 valence electrons. The molecule has 0 bridgehead atoms. The van der Waals surface area contributed by atoms with Gasteiger partial charge in [0.25, 0.3) is 0 Å². The van der Waals surface area contributed by atoms with E-state index in [0.717, 1.165) is 19.3 Å². The maximum atomic E-state index is 10.1. The summed E-state index contributed by atoms with van der Waals surface area (Å²) in [6, 6.07) is 0.634. The lowest BCUT2D eigenvalue weighted by molar-refractivity contribution is 0.0654. The summed E-state index contributed by atoms with van der Waals surface area (Å²) in [5.41, 5.74) is 0. The third kappa shape index (κ3) is 10.6. The Morgan fingerprint density at radius 3 is 1.95 bits per heavy atom. The molecule has 0 aromatic heterocycles. The molecule has 0 heterocycles. The number of hydrogen-bond acceptors (Lipinski definition) is 7. The smallest absolute Gasteiger partial charge is 0.374 e. The van der Waals surface area contributed by atoms with E-state index in [-0.39, 0.29) is 0 Å². The van der Waals surface area contributed by atoms with Crippen LogP contribution in [0.15, 0.2) is 9.98 Å². The molecular weight excluding hydrogens is 304 g/mol. The van der Waals surface area contributed by atoms with Crippen molar-refractivity contribution < 1.29 is 22.9 Å². The Bertz CT molecular complexity index is 362. The highest BCUT2D eigenvalue weighted by atomic mass is 28.4. The van der Waals surface area contributed by atoms with Gasteiger partial charge >= 0.3 is 8.80 Å². The van der Waals surface area contributed by atoms with Gasteiger partial charge in [-0.05, 0) is 39.5 Å². The predicted molar refractivity (Wildman–Crippen MR) is 84.2 cm³/mol. The minimum atomic E-state index is -2.70. The third-order valence-corrected chi connectivity index (χ3v) is 5.91. The SMILES string of the molecule is CCO[Si](CCCN=C=O)(OCC)OCCCCCN=C=O. The van der Waals surface area contributed by atoms with Crippen molar-refractivity contribution in [1.82, 2.24) is 0 Å². The monoisotopic (exact) mass is 330 g/mol. The quantitative estimate of drug-likeness (QED) is 0.199. The van der Waals surface area contributed by atoms with Gasteiger partial charge in [-0.15, -0.1) is 0 Å². The maximum absolute atomic E-state index is 10.1. The molecule has 0 saturated carbocycles. The highest BCUT2D eigenvalue weighted by Crippen LogP contribution is 2.19. The molecule has 22 heavy (non-hydrogen) atoms. The lowest BCUT2D eigenvalue weighted by Crippen LogP contribution is -2.46. The Morgan fingerprint density at radius 1 is 0.818 bits per heavy atom. The first-order valence-electron chi connectivity index (χ1n) is 7.73. The fourth-order valence-corrected chi connectivity index (χ4v) is 4.55. The maximum Gasteiger partial charge on any atom is 0.501 e. The van der Waals surface area contributed by atoms with Crippen LogP contribution in [-0.4, -0.2) is 53.9 Å². The largest absolute Gasteiger partial charge is 0.501 e. The van der Waals surface area contributed by atoms with Gasteiger partial charge in [0.2, 0.25) is 12.2 Å². The highest BCUT2D eigenvalue weighted by Gasteiger charge is 2.39. The molecule has 0 fully saturated rings. The zero-order valence-corrected chi connectivity index (χ0v) is 14.5. The molecular formula is C14H26N2O5Si. The molecule has 0 N–H and O–H groups in total. The van der Waals surface area contributed by atoms with E-state index in [1.165, 1.54) is 12.2 Å². The van der Waals surface area contributed by atoms with Crippen molar-refractivity contribution in [2.45, 2.75) is 45.6 Å². The van der Waals surface area contributed by atoms with Crippen molar-refractivity contribution in [3.63, 3.8) is 0 Å². The minimum absolute atomic E-state index is 0.408. The summed E-state index contributed by atoms with van der Waals surface area (Å²) in [5.74, 6) is 0. The van der Waals surface area contributed by atoms with Crippen LogP contribution in [0.1, 0.15) is 39.5 Å². The Hall–Kier alpha value is -1.14. The van der Waals surface area contributed by atoms with E-state index in [2.05, 4.69) is 9.98 Å². The first-order chi connectivity index (χ1) is 10.7. The standard InChI is InChI=1S/C14H26N2O5Si/c1-3-19-22(20-4-2,12-8-10-16-14-18)21-11-7-5-6-9-15-13-17/h3-12H2,1-2H3. The molecule has 0 radical (unpaired) electrons. The van der Waals surface area contributed by atoms with Crippen LogP contribution >= 0.6 is 0 Å². The second-order valence-electron chi connectivity index (χ2n) is 4.51. The molecule has 0 aliphatic carbocycles. The van der Waals surface area contributed by atoms with E-state index in [1.807, 2.05) is 13.8 Å². The van der Waals surface area contributed by atoms with E-state index in [0.29, 0.717) is 45.4 Å². The van der Waals surface area contributed by atoms with Crippen LogP contribution in [0.4, 0.5) is 0 Å². The van der Waals surface area contributed by atoms with Crippen molar-refractivity contribution in [2.75, 3.05) is 32.9 Å². The number of carbonyl (C=O) groups excluding carboxylic acids is 2. The van der Waals surface area contributed by atoms with Gasteiger partial charge in [0.1, 0.15) is 0 Å². The number of isocyanates is 2. The first-order valence-corrected chi connectivity index (χ1v) is 9.67. The number of unbranched alkanes of at least 4 members (excludes halogenated alkanes) is 2. The third-order valence-electron chi connectivity index (χ3n) is 2.85. The van der Waals surface area contributed by atoms with Gasteiger partial charge in [0.15, 0.2) is 0 Å². The van der Waals surface area contributed by atoms with Crippen LogP contribution in [0.3, 0.4) is 0 Å². The van der Waals surface area contributed by atoms with Gasteiger partial charge in [-0.3, -0.25) is 0 Å². The number of nitrogens with zero attached hydrogens (tertiary/aromatic N) is 2. The second kappa shape index (κ2) is 14.8. The Morgan fingerprint density at radius 2 is 1.41 bits per heavy atom. The topological polar surface area (TPSA) is 86.6 Å². The van der Waals surface area contributed by atoms with E-state index in [1.54, 1.807) is 0 Å². The lowest BCUT2D eigenvalue weighted by atomic mass is 10.2. The molecule has 0 aliphatic rings. The summed E-state index contributed by atoms with van der Waals surface area (Å²) in [6.07, 6.45) is 6.34. The lowest BCUT2D eigenvalue weighted by Gasteiger charge is -2.28. The summed E-state index contributed by atoms with van der Waals surface area (Å²) in [4.78, 5) is 27.1. The van der Waals surface area contributed by atoms with Crippen LogP contribution in [0, 0.1) is 0 Å². The molecule has 0 rings (SSSR count). The molecule has 0 aliphatic heterocycles. The van der Waals surface area contributed by atoms with Gasteiger partial charge in [0, 0.05) is 25.9 Å². The minimum Gasteiger partial charge on any atom is -0.374 e. The van der Waals surface area contributed by atoms with E-state index in [9.17, 15) is 9.59 Å². The van der Waals surface area contributed by atoms with Crippen LogP contribution in [0.2, 0.25) is 6.04 Å². The average Bonchev–Trinajstić information content (AvgIpc) is 2.51. The molecule has 0 spiro atoms. The first kappa shape index (κ1) is 20.9. The predicted octanol–water partition coefficient (Wildman–Crippen LogP) is 2.25. The van der Waals surface area contributed by atoms with Crippen molar-refractivity contribution in [1.29, 1.82) is 0 Å². The number of rotatable bonds is 15. The summed E-state index contributed by atoms with van der Waals surface area (Å²) >= 11 is 0. The Labute approximate surface area is 133 Å². The molecule has 7 nitrogen and oxygen atoms in total. The molecule has 0 aromatic carbocycles. The van der Waals surface area contributed by atoms with Gasteiger partial charge < -0.3 is 13.3 Å². The molecule has 0 aromatic rings. The molecule has 8 heteroatoms. The van der Waals surface area contributed by atoms with E-state index in [4.69, 9.17) is 13.3 Å². The van der Waals surface area contributed by atoms with Crippen molar-refractivity contribution >= 4 is 21.0 Å². The summed E-state index contributed by atoms with van der Waals surface area (Å²) in [7, 11) is -2.70. The molecule has 0 atom stereocenters. The van der Waals surface area contributed by atoms with Gasteiger partial charge in [-0.1, -0.05) is 0 Å². The van der Waals surface area contributed by atoms with Crippen molar-refractivity contribution in [2.24, 2.45) is 9.98 Å². The average molecular weight is 330 g/mol. The van der Waals surface area contributed by atoms with Crippen LogP contribution in [0.25, 0.3) is 0 Å². The zero-order chi connectivity index (χ0) is 16.5. The summed E-state index contributed by atoms with van der Waals surface area (Å²) < 4.78 is 17.5. The Balaban J connectivity index is 4.24. The van der Waals surface area contributed by atoms with E-state index < -0.39 is 8.80 Å². The molecule has 0 saturated heterocycles. The zero-order valence-electron chi connectivity index (χ0n) is 13.5. The van der Waals surface area contributed by atoms with Crippen LogP contribution in [0.5, 0.6) is 0 Å². The fourth-order valence-electron chi connectivity index (χ4n) is 1.94. The summed E-state index contributed by atoms with van der Waals surface area (Å²) in [6.45, 7) is 6.33. The van der Waals surface area contributed by atoms with Gasteiger partial charge in [0.05, 0.1) is 13.1 Å². The van der Waals surface area contributed by atoms with E-state index >= 15 is 0 Å². The Kier molecular flexibility index (Phi) is 14.0. The molecule has 0 unspecified atom stereocenters. The van der Waals surface area contributed by atoms with Crippen LogP contribution < -0.4 is 0 Å². The number of hydrogen-bond donors (Lipinski definition) is 0. The van der Waals surface area contributed by atoms with Crippen LogP contribution in [-0.2, 0) is 22.9 Å². The van der Waals surface area contributed by atoms with Crippen molar-refractivity contribution in [3.05, 3.63) is 0 Å². The van der Waals surface area contributed by atoms with Crippen molar-refractivity contribution in [3.8, 4) is 0 Å². The van der Waals surface area contributed by atoms with Gasteiger partial charge in [-0.2, -0.15) is 0 Å². The normalized spacial score (nSPS) is 10.8. The van der Waals surface area contributed by atoms with Gasteiger partial charge in [-0.25, -0.2) is 19.6 Å². The number of aliphatic imine (C=N–C) groups is 2. The second-order valence-corrected chi connectivity index (χ2v) is 7.24. The fraction of sp³-hybridized carbons (Fsp3) is 0.857. The highest BCUT2D eigenvalue weighted by molar-refractivity contribution is 6.60.